The van der Waals surface area contributed by atoms with Crippen LogP contribution >= 0.6 is 0 Å². The van der Waals surface area contributed by atoms with E-state index >= 15 is 0 Å². The van der Waals surface area contributed by atoms with Crippen molar-refractivity contribution < 1.29 is 18.6 Å². The van der Waals surface area contributed by atoms with Crippen LogP contribution < -0.4 is 15.0 Å². The number of pyridine rings is 1. The SMILES string of the molecule is C=C1c2ccc(-c3cncc(CO)c3)cc2N=CN1c1ccc(OC(C)(F)F)c(NC)c1.C=CC1(N2CCN(CC)CC2)CC1. The number of aliphatic hydroxyl groups is 1. The maximum Gasteiger partial charge on any atom is 0.394 e. The van der Waals surface area contributed by atoms with Gasteiger partial charge >= 0.3 is 6.11 Å². The molecular weight excluding hydrogens is 574 g/mol. The lowest BCUT2D eigenvalue weighted by Crippen LogP contribution is -2.50. The van der Waals surface area contributed by atoms with Crippen LogP contribution in [0.25, 0.3) is 16.8 Å². The molecule has 2 fully saturated rings. The van der Waals surface area contributed by atoms with Crippen LogP contribution in [0.5, 0.6) is 5.75 Å². The molecule has 0 spiro atoms. The smallest absolute Gasteiger partial charge is 0.394 e. The summed E-state index contributed by atoms with van der Waals surface area (Å²) in [4.78, 5) is 15.7. The Bertz CT molecular complexity index is 1560. The van der Waals surface area contributed by atoms with Gasteiger partial charge in [-0.3, -0.25) is 9.88 Å². The molecule has 6 rings (SSSR count). The number of aliphatic imine (C=N–C) groups is 1. The summed E-state index contributed by atoms with van der Waals surface area (Å²) in [5.74, 6) is 0.0482. The Hall–Kier alpha value is -4.12. The molecule has 1 saturated carbocycles. The van der Waals surface area contributed by atoms with Crippen LogP contribution in [0.1, 0.15) is 37.8 Å². The number of hydrogen-bond acceptors (Lipinski definition) is 8. The van der Waals surface area contributed by atoms with Crippen LogP contribution in [0.4, 0.5) is 25.8 Å². The van der Waals surface area contributed by atoms with Crippen LogP contribution in [0.3, 0.4) is 0 Å². The number of aliphatic hydroxyl groups excluding tert-OH is 1. The number of likely N-dealkylation sites (N-methyl/N-ethyl adjacent to an activating group) is 1. The fourth-order valence-electron chi connectivity index (χ4n) is 5.77. The first kappa shape index (κ1) is 32.3. The van der Waals surface area contributed by atoms with E-state index in [-0.39, 0.29) is 12.4 Å². The van der Waals surface area contributed by atoms with E-state index in [1.807, 2.05) is 24.3 Å². The second-order valence-electron chi connectivity index (χ2n) is 11.6. The van der Waals surface area contributed by atoms with E-state index in [1.165, 1.54) is 51.6 Å². The standard InChI is InChI=1S/C24H22F2N4O2.C11H20N2/c1-15-20-6-4-17(18-8-16(13-31)11-28-12-18)9-21(20)29-14-30(15)19-5-7-23(22(10-19)27-3)32-24(2,25)26;1-3-11(5-6-11)13-9-7-12(4-2)8-10-13/h4-12,14,27,31H,1,13H2,2-3H3;3H,1,4-10H2,2H3. The van der Waals surface area contributed by atoms with Gasteiger partial charge in [-0.1, -0.05) is 31.7 Å². The minimum atomic E-state index is -3.29. The highest BCUT2D eigenvalue weighted by Gasteiger charge is 2.45. The van der Waals surface area contributed by atoms with Gasteiger partial charge in [-0.25, -0.2) is 4.99 Å². The van der Waals surface area contributed by atoms with E-state index in [0.29, 0.717) is 29.5 Å². The first-order valence-electron chi connectivity index (χ1n) is 15.3. The average molecular weight is 617 g/mol. The van der Waals surface area contributed by atoms with Crippen molar-refractivity contribution in [3.63, 3.8) is 0 Å². The predicted molar refractivity (Wildman–Crippen MR) is 178 cm³/mol. The molecule has 3 heterocycles. The Morgan fingerprint density at radius 3 is 2.44 bits per heavy atom. The van der Waals surface area contributed by atoms with Gasteiger partial charge in [-0.05, 0) is 60.8 Å². The third-order valence-corrected chi connectivity index (χ3v) is 8.61. The summed E-state index contributed by atoms with van der Waals surface area (Å²) in [7, 11) is 1.64. The van der Waals surface area contributed by atoms with Crippen molar-refractivity contribution in [2.45, 2.75) is 44.9 Å². The molecule has 2 aliphatic heterocycles. The number of nitrogens with zero attached hydrogens (tertiary/aromatic N) is 5. The number of nitrogens with one attached hydrogen (secondary N) is 1. The van der Waals surface area contributed by atoms with Crippen molar-refractivity contribution in [2.75, 3.05) is 50.0 Å². The topological polar surface area (TPSA) is 76.5 Å². The molecule has 1 aliphatic carbocycles. The third kappa shape index (κ3) is 7.41. The highest BCUT2D eigenvalue weighted by Crippen LogP contribution is 2.43. The van der Waals surface area contributed by atoms with Crippen LogP contribution in [0.15, 0.2) is 79.1 Å². The van der Waals surface area contributed by atoms with E-state index in [2.05, 4.69) is 51.3 Å². The molecule has 2 N–H and O–H groups in total. The summed E-state index contributed by atoms with van der Waals surface area (Å²) in [6, 6.07) is 12.5. The fourth-order valence-corrected chi connectivity index (χ4v) is 5.77. The Balaban J connectivity index is 0.000000256. The highest BCUT2D eigenvalue weighted by molar-refractivity contribution is 6.03. The molecule has 45 heavy (non-hydrogen) atoms. The van der Waals surface area contributed by atoms with Gasteiger partial charge in [-0.2, -0.15) is 8.78 Å². The van der Waals surface area contributed by atoms with Gasteiger partial charge in [0.05, 0.1) is 18.0 Å². The molecule has 3 aromatic rings. The Morgan fingerprint density at radius 2 is 1.82 bits per heavy atom. The summed E-state index contributed by atoms with van der Waals surface area (Å²) in [5, 5.41) is 12.2. The van der Waals surface area contributed by atoms with Crippen LogP contribution in [-0.4, -0.2) is 77.6 Å². The monoisotopic (exact) mass is 616 g/mol. The summed E-state index contributed by atoms with van der Waals surface area (Å²) < 4.78 is 31.3. The van der Waals surface area contributed by atoms with Crippen molar-refractivity contribution in [1.29, 1.82) is 0 Å². The number of halogens is 2. The quantitative estimate of drug-likeness (QED) is 0.257. The average Bonchev–Trinajstić information content (AvgIpc) is 3.86. The van der Waals surface area contributed by atoms with Crippen molar-refractivity contribution >= 4 is 29.1 Å². The predicted octanol–water partition coefficient (Wildman–Crippen LogP) is 6.77. The molecule has 1 saturated heterocycles. The molecule has 238 valence electrons. The fraction of sp³-hybridized carbons (Fsp3) is 0.371. The molecule has 8 nitrogen and oxygen atoms in total. The second-order valence-corrected chi connectivity index (χ2v) is 11.6. The lowest BCUT2D eigenvalue weighted by molar-refractivity contribution is -0.158. The molecule has 0 atom stereocenters. The first-order chi connectivity index (χ1) is 21.6. The molecule has 2 aromatic carbocycles. The van der Waals surface area contributed by atoms with Crippen molar-refractivity contribution in [2.24, 2.45) is 4.99 Å². The number of hydrogen-bond donors (Lipinski definition) is 2. The van der Waals surface area contributed by atoms with Gasteiger partial charge in [0.2, 0.25) is 0 Å². The van der Waals surface area contributed by atoms with Gasteiger partial charge < -0.3 is 25.0 Å². The number of ether oxygens (including phenoxy) is 1. The van der Waals surface area contributed by atoms with E-state index in [0.717, 1.165) is 27.9 Å². The van der Waals surface area contributed by atoms with Gasteiger partial charge in [0.15, 0.2) is 0 Å². The summed E-state index contributed by atoms with van der Waals surface area (Å²) in [6.45, 7) is 17.2. The second kappa shape index (κ2) is 13.5. The van der Waals surface area contributed by atoms with E-state index in [9.17, 15) is 13.9 Å². The molecule has 0 unspecified atom stereocenters. The number of anilines is 2. The molecule has 0 radical (unpaired) electrons. The lowest BCUT2D eigenvalue weighted by atomic mass is 10.00. The maximum atomic E-state index is 13.3. The maximum absolute atomic E-state index is 13.3. The first-order valence-corrected chi connectivity index (χ1v) is 15.3. The van der Waals surface area contributed by atoms with E-state index in [4.69, 9.17) is 4.74 Å². The van der Waals surface area contributed by atoms with Crippen molar-refractivity contribution in [3.05, 3.63) is 85.2 Å². The molecule has 0 amide bonds. The molecule has 10 heteroatoms. The Kier molecular flexibility index (Phi) is 9.67. The zero-order valence-electron chi connectivity index (χ0n) is 26.3. The number of rotatable bonds is 9. The minimum absolute atomic E-state index is 0.0482. The van der Waals surface area contributed by atoms with Gasteiger partial charge in [0.1, 0.15) is 12.1 Å². The summed E-state index contributed by atoms with van der Waals surface area (Å²) in [6.07, 6.45) is 6.54. The van der Waals surface area contributed by atoms with Crippen molar-refractivity contribution in [3.8, 4) is 16.9 Å². The van der Waals surface area contributed by atoms with Crippen molar-refractivity contribution in [1.82, 2.24) is 14.8 Å². The Labute approximate surface area is 264 Å². The van der Waals surface area contributed by atoms with E-state index < -0.39 is 6.11 Å². The van der Waals surface area contributed by atoms with Gasteiger partial charge in [0.25, 0.3) is 0 Å². The van der Waals surface area contributed by atoms with Crippen LogP contribution in [0.2, 0.25) is 0 Å². The van der Waals surface area contributed by atoms with Gasteiger partial charge in [-0.15, -0.1) is 6.58 Å². The zero-order valence-corrected chi connectivity index (χ0v) is 26.3. The lowest BCUT2D eigenvalue weighted by Gasteiger charge is -2.38. The zero-order chi connectivity index (χ0) is 32.2. The molecule has 0 bridgehead atoms. The third-order valence-electron chi connectivity index (χ3n) is 8.61. The number of piperazine rings is 1. The molecular formula is C35H42F2N6O2. The number of aromatic nitrogens is 1. The Morgan fingerprint density at radius 1 is 1.07 bits per heavy atom. The number of alkyl halides is 2. The normalized spacial score (nSPS) is 17.6. The number of fused-ring (bicyclic) bond motifs is 1. The van der Waals surface area contributed by atoms with Crippen LogP contribution in [-0.2, 0) is 6.61 Å². The van der Waals surface area contributed by atoms with Gasteiger partial charge in [0, 0.05) is 80.6 Å². The number of benzene rings is 2. The largest absolute Gasteiger partial charge is 0.431 e. The summed E-state index contributed by atoms with van der Waals surface area (Å²) in [5.41, 5.74) is 6.35. The summed E-state index contributed by atoms with van der Waals surface area (Å²) >= 11 is 0. The molecule has 1 aromatic heterocycles. The van der Waals surface area contributed by atoms with Crippen LogP contribution in [0, 0.1) is 0 Å². The minimum Gasteiger partial charge on any atom is -0.431 e. The van der Waals surface area contributed by atoms with E-state index in [1.54, 1.807) is 42.8 Å². The molecule has 3 aliphatic rings. The highest BCUT2D eigenvalue weighted by atomic mass is 19.3.